The van der Waals surface area contributed by atoms with Crippen LogP contribution in [0.1, 0.15) is 31.9 Å². The highest BCUT2D eigenvalue weighted by Crippen LogP contribution is 2.29. The third kappa shape index (κ3) is 7.42. The topological polar surface area (TPSA) is 88.4 Å². The van der Waals surface area contributed by atoms with E-state index < -0.39 is 42.1 Å². The van der Waals surface area contributed by atoms with Crippen molar-refractivity contribution >= 4 is 12.1 Å². The lowest BCUT2D eigenvalue weighted by Crippen LogP contribution is -2.45. The van der Waals surface area contributed by atoms with E-state index in [2.05, 4.69) is 10.1 Å². The SMILES string of the molecule is CC(C)(C)OC(=O)NC(Cc1ccc(C(F)(F)F)cc1)C(=O)OCC#N. The van der Waals surface area contributed by atoms with Crippen LogP contribution in [0, 0.1) is 11.3 Å². The molecule has 0 radical (unpaired) electrons. The summed E-state index contributed by atoms with van der Waals surface area (Å²) in [6, 6.07) is 4.56. The van der Waals surface area contributed by atoms with Crippen LogP contribution in [0.15, 0.2) is 24.3 Å². The van der Waals surface area contributed by atoms with E-state index in [0.717, 1.165) is 12.1 Å². The molecule has 0 aliphatic carbocycles. The summed E-state index contributed by atoms with van der Waals surface area (Å²) < 4.78 is 47.5. The van der Waals surface area contributed by atoms with Crippen molar-refractivity contribution in [3.8, 4) is 6.07 Å². The molecule has 142 valence electrons. The normalized spacial score (nSPS) is 12.7. The van der Waals surface area contributed by atoms with Crippen LogP contribution in [-0.4, -0.2) is 30.3 Å². The molecule has 1 aromatic carbocycles. The number of ether oxygens (including phenoxy) is 2. The summed E-state index contributed by atoms with van der Waals surface area (Å²) in [6.45, 7) is 4.38. The lowest BCUT2D eigenvalue weighted by molar-refractivity contribution is -0.144. The van der Waals surface area contributed by atoms with Crippen molar-refractivity contribution in [3.05, 3.63) is 35.4 Å². The Hall–Kier alpha value is -2.76. The van der Waals surface area contributed by atoms with Crippen molar-refractivity contribution in [2.75, 3.05) is 6.61 Å². The number of carbonyl (C=O) groups excluding carboxylic acids is 2. The van der Waals surface area contributed by atoms with E-state index in [0.29, 0.717) is 5.56 Å². The summed E-state index contributed by atoms with van der Waals surface area (Å²) in [6.07, 6.45) is -5.48. The number of hydrogen-bond acceptors (Lipinski definition) is 5. The van der Waals surface area contributed by atoms with Gasteiger partial charge in [-0.3, -0.25) is 0 Å². The maximum atomic E-state index is 12.6. The number of alkyl carbamates (subject to hydrolysis) is 1. The van der Waals surface area contributed by atoms with E-state index in [1.54, 1.807) is 26.8 Å². The van der Waals surface area contributed by atoms with Gasteiger partial charge in [-0.15, -0.1) is 0 Å². The molecule has 0 aliphatic rings. The van der Waals surface area contributed by atoms with E-state index in [-0.39, 0.29) is 6.42 Å². The Morgan fingerprint density at radius 3 is 2.23 bits per heavy atom. The zero-order chi connectivity index (χ0) is 20.0. The van der Waals surface area contributed by atoms with Crippen molar-refractivity contribution in [1.29, 1.82) is 5.26 Å². The lowest BCUT2D eigenvalue weighted by atomic mass is 10.0. The molecule has 0 saturated heterocycles. The highest BCUT2D eigenvalue weighted by molar-refractivity contribution is 5.81. The monoisotopic (exact) mass is 372 g/mol. The quantitative estimate of drug-likeness (QED) is 0.802. The molecule has 0 spiro atoms. The van der Waals surface area contributed by atoms with Gasteiger partial charge >= 0.3 is 18.2 Å². The molecule has 1 unspecified atom stereocenters. The van der Waals surface area contributed by atoms with Gasteiger partial charge in [-0.05, 0) is 38.5 Å². The summed E-state index contributed by atoms with van der Waals surface area (Å²) in [7, 11) is 0. The van der Waals surface area contributed by atoms with Crippen LogP contribution >= 0.6 is 0 Å². The summed E-state index contributed by atoms with van der Waals surface area (Å²) in [5, 5.41) is 10.8. The van der Waals surface area contributed by atoms with Gasteiger partial charge < -0.3 is 14.8 Å². The van der Waals surface area contributed by atoms with Gasteiger partial charge in [0.05, 0.1) is 5.56 Å². The number of hydrogen-bond donors (Lipinski definition) is 1. The van der Waals surface area contributed by atoms with E-state index in [1.807, 2.05) is 0 Å². The van der Waals surface area contributed by atoms with Crippen LogP contribution in [0.3, 0.4) is 0 Å². The summed E-state index contributed by atoms with van der Waals surface area (Å²) in [4.78, 5) is 23.9. The Balaban J connectivity index is 2.89. The fraction of sp³-hybridized carbons (Fsp3) is 0.471. The van der Waals surface area contributed by atoms with Gasteiger partial charge in [-0.25, -0.2) is 9.59 Å². The number of amides is 1. The zero-order valence-corrected chi connectivity index (χ0v) is 14.5. The van der Waals surface area contributed by atoms with Crippen LogP contribution in [0.5, 0.6) is 0 Å². The van der Waals surface area contributed by atoms with E-state index in [4.69, 9.17) is 10.00 Å². The third-order valence-corrected chi connectivity index (χ3v) is 2.98. The van der Waals surface area contributed by atoms with Crippen LogP contribution in [-0.2, 0) is 26.9 Å². The summed E-state index contributed by atoms with van der Waals surface area (Å²) in [5.74, 6) is -0.891. The number of alkyl halides is 3. The molecule has 9 heteroatoms. The Morgan fingerprint density at radius 1 is 1.19 bits per heavy atom. The van der Waals surface area contributed by atoms with Crippen LogP contribution in [0.4, 0.5) is 18.0 Å². The average molecular weight is 372 g/mol. The number of benzene rings is 1. The van der Waals surface area contributed by atoms with Gasteiger partial charge in [-0.2, -0.15) is 18.4 Å². The molecular weight excluding hydrogens is 353 g/mol. The fourth-order valence-electron chi connectivity index (χ4n) is 1.91. The Morgan fingerprint density at radius 2 is 1.77 bits per heavy atom. The van der Waals surface area contributed by atoms with Crippen LogP contribution in [0.2, 0.25) is 0 Å². The molecule has 0 heterocycles. The van der Waals surface area contributed by atoms with Crippen LogP contribution in [0.25, 0.3) is 0 Å². The van der Waals surface area contributed by atoms with Crippen molar-refractivity contribution < 1.29 is 32.2 Å². The Bertz CT molecular complexity index is 673. The number of carbonyl (C=O) groups is 2. The van der Waals surface area contributed by atoms with Gasteiger partial charge in [0.25, 0.3) is 0 Å². The highest BCUT2D eigenvalue weighted by Gasteiger charge is 2.30. The smallest absolute Gasteiger partial charge is 0.416 e. The van der Waals surface area contributed by atoms with Crippen molar-refractivity contribution in [2.45, 2.75) is 45.0 Å². The molecule has 1 rings (SSSR count). The third-order valence-electron chi connectivity index (χ3n) is 2.98. The zero-order valence-electron chi connectivity index (χ0n) is 14.5. The van der Waals surface area contributed by atoms with Gasteiger partial charge in [-0.1, -0.05) is 12.1 Å². The maximum absolute atomic E-state index is 12.6. The lowest BCUT2D eigenvalue weighted by Gasteiger charge is -2.22. The summed E-state index contributed by atoms with van der Waals surface area (Å²) >= 11 is 0. The van der Waals surface area contributed by atoms with Gasteiger partial charge in [0.2, 0.25) is 0 Å². The minimum Gasteiger partial charge on any atom is -0.449 e. The Kier molecular flexibility index (Phi) is 7.01. The molecule has 1 aromatic rings. The van der Waals surface area contributed by atoms with E-state index in [9.17, 15) is 22.8 Å². The van der Waals surface area contributed by atoms with Crippen LogP contribution < -0.4 is 5.32 Å². The fourth-order valence-corrected chi connectivity index (χ4v) is 1.91. The molecule has 1 amide bonds. The average Bonchev–Trinajstić information content (AvgIpc) is 2.49. The molecule has 26 heavy (non-hydrogen) atoms. The molecular formula is C17H19F3N2O4. The first-order chi connectivity index (χ1) is 11.9. The molecule has 0 bridgehead atoms. The molecule has 0 fully saturated rings. The molecule has 6 nitrogen and oxygen atoms in total. The second kappa shape index (κ2) is 8.56. The van der Waals surface area contributed by atoms with E-state index in [1.165, 1.54) is 12.1 Å². The van der Waals surface area contributed by atoms with Crippen molar-refractivity contribution in [2.24, 2.45) is 0 Å². The molecule has 1 atom stereocenters. The minimum absolute atomic E-state index is 0.123. The second-order valence-electron chi connectivity index (χ2n) is 6.36. The maximum Gasteiger partial charge on any atom is 0.416 e. The van der Waals surface area contributed by atoms with Gasteiger partial charge in [0.1, 0.15) is 17.7 Å². The molecule has 0 aliphatic heterocycles. The second-order valence-corrected chi connectivity index (χ2v) is 6.36. The number of rotatable bonds is 5. The first-order valence-electron chi connectivity index (χ1n) is 7.61. The number of halogens is 3. The van der Waals surface area contributed by atoms with Gasteiger partial charge in [0, 0.05) is 6.42 Å². The van der Waals surface area contributed by atoms with Crippen molar-refractivity contribution in [3.63, 3.8) is 0 Å². The van der Waals surface area contributed by atoms with Crippen molar-refractivity contribution in [1.82, 2.24) is 5.32 Å². The predicted molar refractivity (Wildman–Crippen MR) is 84.9 cm³/mol. The molecule has 0 saturated carbocycles. The predicted octanol–water partition coefficient (Wildman–Crippen LogP) is 3.21. The number of nitriles is 1. The molecule has 1 N–H and O–H groups in total. The standard InChI is InChI=1S/C17H19F3N2O4/c1-16(2,3)26-15(24)22-13(14(23)25-9-8-21)10-11-4-6-12(7-5-11)17(18,19)20/h4-7,13H,9-10H2,1-3H3,(H,22,24). The number of nitrogens with one attached hydrogen (secondary N) is 1. The summed E-state index contributed by atoms with van der Waals surface area (Å²) in [5.41, 5.74) is -1.27. The first kappa shape index (κ1) is 21.3. The largest absolute Gasteiger partial charge is 0.449 e. The van der Waals surface area contributed by atoms with E-state index >= 15 is 0 Å². The Labute approximate surface area is 148 Å². The number of nitrogens with zero attached hydrogens (tertiary/aromatic N) is 1. The first-order valence-corrected chi connectivity index (χ1v) is 7.61. The number of esters is 1. The highest BCUT2D eigenvalue weighted by atomic mass is 19.4. The minimum atomic E-state index is -4.47. The van der Waals surface area contributed by atoms with Gasteiger partial charge in [0.15, 0.2) is 6.61 Å². The molecule has 0 aromatic heterocycles.